The number of aromatic nitrogens is 1. The quantitative estimate of drug-likeness (QED) is 0.870. The molecule has 1 aromatic carbocycles. The Labute approximate surface area is 121 Å². The Morgan fingerprint density at radius 2 is 1.84 bits per heavy atom. The van der Waals surface area contributed by atoms with Crippen LogP contribution in [0.4, 0.5) is 5.69 Å². The summed E-state index contributed by atoms with van der Waals surface area (Å²) in [5, 5.41) is 3.22. The minimum atomic E-state index is 0.880. The first-order valence-corrected chi connectivity index (χ1v) is 6.65. The molecule has 4 heteroatoms. The number of allylic oxidation sites excluding steroid dienone is 1. The van der Waals surface area contributed by atoms with Crippen molar-refractivity contribution in [1.29, 1.82) is 0 Å². The molecule has 1 heterocycles. The summed E-state index contributed by atoms with van der Waals surface area (Å²) >= 11 is 3.55. The fourth-order valence-corrected chi connectivity index (χ4v) is 2.15. The number of hydrogen-bond acceptors (Lipinski definition) is 3. The smallest absolute Gasteiger partial charge is 0.0801 e. The lowest BCUT2D eigenvalue weighted by Crippen LogP contribution is -2.03. The number of pyridine rings is 1. The van der Waals surface area contributed by atoms with Crippen LogP contribution in [0.1, 0.15) is 5.56 Å². The Balaban J connectivity index is 2.16. The van der Waals surface area contributed by atoms with E-state index in [4.69, 9.17) is 0 Å². The molecule has 0 spiro atoms. The molecular formula is C15H14BrN3. The molecule has 3 nitrogen and oxygen atoms in total. The second kappa shape index (κ2) is 6.85. The van der Waals surface area contributed by atoms with Gasteiger partial charge in [0, 0.05) is 36.9 Å². The summed E-state index contributed by atoms with van der Waals surface area (Å²) < 4.78 is 0.894. The SMILES string of the molecule is C/N=C(\C(Br)=C/Nc1ccccc1)c1ccncc1. The number of nitrogens with one attached hydrogen (secondary N) is 1. The van der Waals surface area contributed by atoms with Crippen molar-refractivity contribution in [3.8, 4) is 0 Å². The summed E-state index contributed by atoms with van der Waals surface area (Å²) in [7, 11) is 1.77. The molecule has 0 aliphatic carbocycles. The van der Waals surface area contributed by atoms with E-state index < -0.39 is 0 Å². The van der Waals surface area contributed by atoms with Gasteiger partial charge >= 0.3 is 0 Å². The van der Waals surface area contributed by atoms with Gasteiger partial charge < -0.3 is 5.32 Å². The van der Waals surface area contributed by atoms with Crippen LogP contribution in [0.5, 0.6) is 0 Å². The monoisotopic (exact) mass is 315 g/mol. The summed E-state index contributed by atoms with van der Waals surface area (Å²) in [6, 6.07) is 13.8. The van der Waals surface area contributed by atoms with E-state index in [9.17, 15) is 0 Å². The van der Waals surface area contributed by atoms with E-state index in [1.54, 1.807) is 19.4 Å². The highest BCUT2D eigenvalue weighted by Crippen LogP contribution is 2.15. The third-order valence-electron chi connectivity index (χ3n) is 2.54. The number of aliphatic imine (C=N–C) groups is 1. The number of nitrogens with zero attached hydrogens (tertiary/aromatic N) is 2. The molecule has 1 aromatic heterocycles. The van der Waals surface area contributed by atoms with Gasteiger partial charge in [-0.1, -0.05) is 18.2 Å². The third kappa shape index (κ3) is 3.76. The van der Waals surface area contributed by atoms with Gasteiger partial charge in [-0.25, -0.2) is 0 Å². The molecule has 0 fully saturated rings. The predicted molar refractivity (Wildman–Crippen MR) is 83.8 cm³/mol. The van der Waals surface area contributed by atoms with E-state index in [1.807, 2.05) is 48.7 Å². The van der Waals surface area contributed by atoms with E-state index in [0.717, 1.165) is 21.4 Å². The molecule has 0 aliphatic rings. The highest BCUT2D eigenvalue weighted by molar-refractivity contribution is 9.12. The van der Waals surface area contributed by atoms with Gasteiger partial charge in [0.05, 0.1) is 10.2 Å². The lowest BCUT2D eigenvalue weighted by molar-refractivity contribution is 1.31. The van der Waals surface area contributed by atoms with Gasteiger partial charge in [-0.2, -0.15) is 0 Å². The van der Waals surface area contributed by atoms with Gasteiger partial charge in [-0.05, 0) is 40.2 Å². The molecular weight excluding hydrogens is 302 g/mol. The van der Waals surface area contributed by atoms with Crippen molar-refractivity contribution in [3.05, 3.63) is 71.1 Å². The van der Waals surface area contributed by atoms with Crippen LogP contribution in [0.15, 0.2) is 70.5 Å². The molecule has 0 atom stereocenters. The number of anilines is 1. The standard InChI is InChI=1S/C15H14BrN3/c1-17-15(12-7-9-18-10-8-12)14(16)11-19-13-5-3-2-4-6-13/h2-11,19H,1H3/b14-11+,17-15-. The number of rotatable bonds is 4. The van der Waals surface area contributed by atoms with Gasteiger partial charge in [0.2, 0.25) is 0 Å². The maximum absolute atomic E-state index is 4.30. The molecule has 0 amide bonds. The summed E-state index contributed by atoms with van der Waals surface area (Å²) in [4.78, 5) is 8.31. The largest absolute Gasteiger partial charge is 0.361 e. The van der Waals surface area contributed by atoms with E-state index >= 15 is 0 Å². The lowest BCUT2D eigenvalue weighted by atomic mass is 10.1. The Morgan fingerprint density at radius 3 is 2.47 bits per heavy atom. The molecule has 0 radical (unpaired) electrons. The van der Waals surface area contributed by atoms with E-state index in [-0.39, 0.29) is 0 Å². The number of benzene rings is 1. The van der Waals surface area contributed by atoms with E-state index in [2.05, 4.69) is 31.2 Å². The summed E-state index contributed by atoms with van der Waals surface area (Å²) in [6.45, 7) is 0. The predicted octanol–water partition coefficient (Wildman–Crippen LogP) is 3.85. The molecule has 2 aromatic rings. The van der Waals surface area contributed by atoms with Crippen LogP contribution in [-0.2, 0) is 0 Å². The fourth-order valence-electron chi connectivity index (χ4n) is 1.63. The van der Waals surface area contributed by atoms with Crippen molar-refractivity contribution in [3.63, 3.8) is 0 Å². The Hall–Kier alpha value is -1.94. The Morgan fingerprint density at radius 1 is 1.16 bits per heavy atom. The van der Waals surface area contributed by atoms with Gasteiger partial charge in [-0.15, -0.1) is 0 Å². The second-order valence-corrected chi connectivity index (χ2v) is 4.67. The average molecular weight is 316 g/mol. The molecule has 96 valence electrons. The highest BCUT2D eigenvalue weighted by Gasteiger charge is 2.05. The Bertz CT molecular complexity index is 577. The van der Waals surface area contributed by atoms with Crippen molar-refractivity contribution in [2.24, 2.45) is 4.99 Å². The van der Waals surface area contributed by atoms with Crippen LogP contribution >= 0.6 is 15.9 Å². The summed E-state index contributed by atoms with van der Waals surface area (Å²) in [6.07, 6.45) is 5.40. The van der Waals surface area contributed by atoms with Crippen LogP contribution < -0.4 is 5.32 Å². The number of hydrogen-bond donors (Lipinski definition) is 1. The van der Waals surface area contributed by atoms with Crippen molar-refractivity contribution in [2.75, 3.05) is 12.4 Å². The number of para-hydroxylation sites is 1. The van der Waals surface area contributed by atoms with Crippen LogP contribution in [0.3, 0.4) is 0 Å². The van der Waals surface area contributed by atoms with E-state index in [0.29, 0.717) is 0 Å². The zero-order valence-corrected chi connectivity index (χ0v) is 12.1. The zero-order chi connectivity index (χ0) is 13.5. The zero-order valence-electron chi connectivity index (χ0n) is 10.5. The molecule has 0 saturated carbocycles. The maximum Gasteiger partial charge on any atom is 0.0801 e. The van der Waals surface area contributed by atoms with Crippen molar-refractivity contribution >= 4 is 27.3 Å². The molecule has 0 unspecified atom stereocenters. The molecule has 0 aliphatic heterocycles. The summed E-state index contributed by atoms with van der Waals surface area (Å²) in [5.74, 6) is 0. The minimum Gasteiger partial charge on any atom is -0.361 e. The normalized spacial score (nSPS) is 12.3. The first-order chi connectivity index (χ1) is 9.31. The first kappa shape index (κ1) is 13.5. The molecule has 2 rings (SSSR count). The molecule has 0 saturated heterocycles. The minimum absolute atomic E-state index is 0.880. The lowest BCUT2D eigenvalue weighted by Gasteiger charge is -2.06. The third-order valence-corrected chi connectivity index (χ3v) is 3.15. The van der Waals surface area contributed by atoms with Gasteiger partial charge in [0.15, 0.2) is 0 Å². The molecule has 19 heavy (non-hydrogen) atoms. The maximum atomic E-state index is 4.30. The summed E-state index contributed by atoms with van der Waals surface area (Å²) in [5.41, 5.74) is 2.94. The van der Waals surface area contributed by atoms with Gasteiger partial charge in [0.25, 0.3) is 0 Å². The fraction of sp³-hybridized carbons (Fsp3) is 0.0667. The van der Waals surface area contributed by atoms with E-state index in [1.165, 1.54) is 0 Å². The number of halogens is 1. The highest BCUT2D eigenvalue weighted by atomic mass is 79.9. The van der Waals surface area contributed by atoms with Crippen molar-refractivity contribution < 1.29 is 0 Å². The van der Waals surface area contributed by atoms with Gasteiger partial charge in [-0.3, -0.25) is 9.98 Å². The van der Waals surface area contributed by atoms with Crippen LogP contribution in [0, 0.1) is 0 Å². The molecule has 1 N–H and O–H groups in total. The molecule has 0 bridgehead atoms. The first-order valence-electron chi connectivity index (χ1n) is 5.86. The Kier molecular flexibility index (Phi) is 4.86. The van der Waals surface area contributed by atoms with Crippen LogP contribution in [-0.4, -0.2) is 17.7 Å². The average Bonchev–Trinajstić information content (AvgIpc) is 2.48. The van der Waals surface area contributed by atoms with Crippen molar-refractivity contribution in [2.45, 2.75) is 0 Å². The van der Waals surface area contributed by atoms with Gasteiger partial charge in [0.1, 0.15) is 0 Å². The second-order valence-electron chi connectivity index (χ2n) is 3.81. The topological polar surface area (TPSA) is 37.3 Å². The van der Waals surface area contributed by atoms with Crippen LogP contribution in [0.2, 0.25) is 0 Å². The van der Waals surface area contributed by atoms with Crippen molar-refractivity contribution in [1.82, 2.24) is 4.98 Å². The van der Waals surface area contributed by atoms with Crippen LogP contribution in [0.25, 0.3) is 0 Å².